The first-order chi connectivity index (χ1) is 4.54. The second kappa shape index (κ2) is 8.82. The molecular formula is C3H11BO6. The predicted octanol–water partition coefficient (Wildman–Crippen LogP) is -3.72. The molecule has 0 aromatic heterocycles. The molecule has 0 radical (unpaired) electrons. The van der Waals surface area contributed by atoms with Gasteiger partial charge < -0.3 is 30.4 Å². The Hall–Kier alpha value is -0.175. The first-order valence-electron chi connectivity index (χ1n) is 2.48. The van der Waals surface area contributed by atoms with E-state index in [-0.39, 0.29) is 13.2 Å². The highest BCUT2D eigenvalue weighted by atomic mass is 16.5. The molecule has 0 aromatic rings. The van der Waals surface area contributed by atoms with E-state index in [9.17, 15) is 0 Å². The molecule has 0 aliphatic carbocycles. The van der Waals surface area contributed by atoms with Gasteiger partial charge in [0, 0.05) is 0 Å². The van der Waals surface area contributed by atoms with Crippen molar-refractivity contribution in [1.82, 2.24) is 0 Å². The van der Waals surface area contributed by atoms with Crippen molar-refractivity contribution in [2.45, 2.75) is 6.10 Å². The van der Waals surface area contributed by atoms with Crippen LogP contribution in [0.4, 0.5) is 0 Å². The molecule has 0 aliphatic rings. The Morgan fingerprint density at radius 1 is 1.00 bits per heavy atom. The summed E-state index contributed by atoms with van der Waals surface area (Å²) in [5.41, 5.74) is 0. The summed E-state index contributed by atoms with van der Waals surface area (Å²) in [5, 5.41) is 45.5. The molecule has 0 bridgehead atoms. The fourth-order valence-electron chi connectivity index (χ4n) is 0.0577. The molecule has 0 amide bonds. The van der Waals surface area contributed by atoms with Crippen LogP contribution in [0.1, 0.15) is 0 Å². The summed E-state index contributed by atoms with van der Waals surface area (Å²) in [6.45, 7) is -0.729. The molecule has 6 nitrogen and oxygen atoms in total. The van der Waals surface area contributed by atoms with Gasteiger partial charge >= 0.3 is 7.32 Å². The van der Waals surface area contributed by atoms with E-state index >= 15 is 0 Å². The van der Waals surface area contributed by atoms with Gasteiger partial charge in [0.05, 0.1) is 13.2 Å². The minimum atomic E-state index is -2.17. The van der Waals surface area contributed by atoms with Crippen molar-refractivity contribution in [1.29, 1.82) is 0 Å². The van der Waals surface area contributed by atoms with Gasteiger partial charge in [0.2, 0.25) is 0 Å². The van der Waals surface area contributed by atoms with Crippen LogP contribution in [0, 0.1) is 0 Å². The zero-order chi connectivity index (χ0) is 8.57. The third-order valence-corrected chi connectivity index (χ3v) is 0.421. The van der Waals surface area contributed by atoms with E-state index in [0.717, 1.165) is 0 Å². The molecule has 0 heterocycles. The third-order valence-electron chi connectivity index (χ3n) is 0.421. The Morgan fingerprint density at radius 3 is 1.20 bits per heavy atom. The van der Waals surface area contributed by atoms with Crippen LogP contribution in [0.25, 0.3) is 0 Å². The van der Waals surface area contributed by atoms with Crippen LogP contribution >= 0.6 is 0 Å². The Kier molecular flexibility index (Phi) is 11.0. The van der Waals surface area contributed by atoms with Gasteiger partial charge in [-0.15, -0.1) is 0 Å². The van der Waals surface area contributed by atoms with E-state index in [4.69, 9.17) is 30.4 Å². The second-order valence-corrected chi connectivity index (χ2v) is 1.37. The van der Waals surface area contributed by atoms with Crippen molar-refractivity contribution in [3.8, 4) is 0 Å². The zero-order valence-electron chi connectivity index (χ0n) is 5.25. The van der Waals surface area contributed by atoms with Crippen LogP contribution in [0.5, 0.6) is 0 Å². The van der Waals surface area contributed by atoms with E-state index in [1.54, 1.807) is 0 Å². The molecule has 0 aromatic carbocycles. The van der Waals surface area contributed by atoms with Crippen molar-refractivity contribution in [2.24, 2.45) is 0 Å². The van der Waals surface area contributed by atoms with Crippen LogP contribution in [0.15, 0.2) is 0 Å². The smallest absolute Gasteiger partial charge is 0.402 e. The lowest BCUT2D eigenvalue weighted by Crippen LogP contribution is -2.15. The third kappa shape index (κ3) is 24.9. The molecule has 10 heavy (non-hydrogen) atoms. The van der Waals surface area contributed by atoms with Crippen LogP contribution in [-0.2, 0) is 0 Å². The van der Waals surface area contributed by atoms with Crippen LogP contribution in [0.2, 0.25) is 0 Å². The van der Waals surface area contributed by atoms with Crippen molar-refractivity contribution in [3.05, 3.63) is 0 Å². The topological polar surface area (TPSA) is 121 Å². The zero-order valence-corrected chi connectivity index (χ0v) is 5.25. The average molecular weight is 154 g/mol. The van der Waals surface area contributed by atoms with Gasteiger partial charge in [0.25, 0.3) is 0 Å². The quantitative estimate of drug-likeness (QED) is 0.227. The number of rotatable bonds is 2. The summed E-state index contributed by atoms with van der Waals surface area (Å²) in [6.07, 6.45) is -0.954. The van der Waals surface area contributed by atoms with Gasteiger partial charge in [-0.1, -0.05) is 0 Å². The lowest BCUT2D eigenvalue weighted by molar-refractivity contribution is 0.0450. The minimum Gasteiger partial charge on any atom is -0.402 e. The monoisotopic (exact) mass is 154 g/mol. The minimum absolute atomic E-state index is 0.365. The highest BCUT2D eigenvalue weighted by molar-refractivity contribution is 6.30. The Balaban J connectivity index is 0. The van der Waals surface area contributed by atoms with Gasteiger partial charge in [0.1, 0.15) is 6.10 Å². The van der Waals surface area contributed by atoms with E-state index in [1.165, 1.54) is 0 Å². The molecule has 0 rings (SSSR count). The largest absolute Gasteiger partial charge is 0.631 e. The molecule has 0 aliphatic heterocycles. The highest BCUT2D eigenvalue weighted by Gasteiger charge is 1.93. The SMILES string of the molecule is OB(O)O.OCC(O)CO. The lowest BCUT2D eigenvalue weighted by Gasteiger charge is -1.96. The van der Waals surface area contributed by atoms with Gasteiger partial charge in [-0.05, 0) is 0 Å². The normalized spacial score (nSPS) is 8.70. The van der Waals surface area contributed by atoms with Crippen molar-refractivity contribution in [3.63, 3.8) is 0 Å². The van der Waals surface area contributed by atoms with Crippen molar-refractivity contribution in [2.75, 3.05) is 13.2 Å². The Bertz CT molecular complexity index is 52.2. The average Bonchev–Trinajstić information content (AvgIpc) is 1.85. The summed E-state index contributed by atoms with van der Waals surface area (Å²) in [5.74, 6) is 0. The number of aliphatic hydroxyl groups is 3. The summed E-state index contributed by atoms with van der Waals surface area (Å²) in [6, 6.07) is 0. The van der Waals surface area contributed by atoms with Crippen LogP contribution in [0.3, 0.4) is 0 Å². The Morgan fingerprint density at radius 2 is 1.20 bits per heavy atom. The van der Waals surface area contributed by atoms with E-state index in [1.807, 2.05) is 0 Å². The number of hydrogen-bond acceptors (Lipinski definition) is 6. The molecule has 0 unspecified atom stereocenters. The number of hydrogen-bond donors (Lipinski definition) is 6. The molecule has 0 fully saturated rings. The maximum Gasteiger partial charge on any atom is 0.631 e. The second-order valence-electron chi connectivity index (χ2n) is 1.37. The van der Waals surface area contributed by atoms with Gasteiger partial charge in [-0.3, -0.25) is 0 Å². The van der Waals surface area contributed by atoms with Gasteiger partial charge in [-0.25, -0.2) is 0 Å². The van der Waals surface area contributed by atoms with E-state index < -0.39 is 13.4 Å². The maximum atomic E-state index is 8.17. The summed E-state index contributed by atoms with van der Waals surface area (Å²) < 4.78 is 0. The molecule has 0 saturated carbocycles. The number of aliphatic hydroxyl groups excluding tert-OH is 3. The predicted molar refractivity (Wildman–Crippen MR) is 32.6 cm³/mol. The fourth-order valence-corrected chi connectivity index (χ4v) is 0.0577. The summed E-state index contributed by atoms with van der Waals surface area (Å²) in [4.78, 5) is 0. The molecular weight excluding hydrogens is 143 g/mol. The summed E-state index contributed by atoms with van der Waals surface area (Å²) >= 11 is 0. The highest BCUT2D eigenvalue weighted by Crippen LogP contribution is 1.71. The first kappa shape index (κ1) is 12.5. The molecule has 0 spiro atoms. The fraction of sp³-hybridized carbons (Fsp3) is 1.00. The molecule has 6 N–H and O–H groups in total. The molecule has 7 heteroatoms. The maximum absolute atomic E-state index is 8.17. The van der Waals surface area contributed by atoms with Crippen molar-refractivity contribution >= 4 is 7.32 Å². The summed E-state index contributed by atoms with van der Waals surface area (Å²) in [7, 11) is -2.17. The molecule has 0 atom stereocenters. The van der Waals surface area contributed by atoms with Crippen molar-refractivity contribution < 1.29 is 30.4 Å². The van der Waals surface area contributed by atoms with Crippen LogP contribution < -0.4 is 0 Å². The van der Waals surface area contributed by atoms with Crippen LogP contribution in [-0.4, -0.2) is 57.0 Å². The standard InChI is InChI=1S/C3H8O3.BH3O3/c4-1-3(6)2-5;2-1(3)4/h3-6H,1-2H2;2-4H. The van der Waals surface area contributed by atoms with E-state index in [2.05, 4.69) is 0 Å². The van der Waals surface area contributed by atoms with Gasteiger partial charge in [0.15, 0.2) is 0 Å². The van der Waals surface area contributed by atoms with Gasteiger partial charge in [-0.2, -0.15) is 0 Å². The Labute approximate surface area is 58.2 Å². The molecule has 62 valence electrons. The first-order valence-corrected chi connectivity index (χ1v) is 2.48. The van der Waals surface area contributed by atoms with E-state index in [0.29, 0.717) is 0 Å². The molecule has 0 saturated heterocycles. The lowest BCUT2D eigenvalue weighted by atomic mass is 10.3.